The van der Waals surface area contributed by atoms with Crippen LogP contribution in [0.25, 0.3) is 10.2 Å². The Morgan fingerprint density at radius 2 is 1.97 bits per heavy atom. The number of carbonyl (C=O) groups excluding carboxylic acids is 1. The van der Waals surface area contributed by atoms with Crippen molar-refractivity contribution >= 4 is 39.2 Å². The van der Waals surface area contributed by atoms with Gasteiger partial charge in [-0.1, -0.05) is 42.1 Å². The lowest BCUT2D eigenvalue weighted by atomic mass is 10.2. The summed E-state index contributed by atoms with van der Waals surface area (Å²) in [5.74, 6) is 0.281. The van der Waals surface area contributed by atoms with Crippen molar-refractivity contribution in [3.63, 3.8) is 0 Å². The van der Waals surface area contributed by atoms with Gasteiger partial charge in [0.15, 0.2) is 5.16 Å². The predicted molar refractivity (Wildman–Crippen MR) is 133 cm³/mol. The molecule has 2 heterocycles. The van der Waals surface area contributed by atoms with Gasteiger partial charge in [-0.25, -0.2) is 4.98 Å². The van der Waals surface area contributed by atoms with E-state index in [4.69, 9.17) is 9.72 Å². The Bertz CT molecular complexity index is 1110. The minimum atomic E-state index is -0.0278. The average Bonchev–Trinajstić information content (AvgIpc) is 3.08. The molecule has 32 heavy (non-hydrogen) atoms. The maximum absolute atomic E-state index is 13.3. The summed E-state index contributed by atoms with van der Waals surface area (Å²) in [5.41, 5.74) is 2.07. The van der Waals surface area contributed by atoms with Gasteiger partial charge in [0.05, 0.1) is 11.1 Å². The summed E-state index contributed by atoms with van der Waals surface area (Å²) < 4.78 is 7.16. The van der Waals surface area contributed by atoms with Crippen LogP contribution in [0.15, 0.2) is 40.3 Å². The first-order chi connectivity index (χ1) is 15.5. The molecule has 0 atom stereocenters. The summed E-state index contributed by atoms with van der Waals surface area (Å²) in [4.78, 5) is 34.7. The molecule has 0 bridgehead atoms. The molecule has 172 valence electrons. The molecular formula is C24H31N3O3S2. The van der Waals surface area contributed by atoms with Gasteiger partial charge in [0.1, 0.15) is 4.83 Å². The highest BCUT2D eigenvalue weighted by atomic mass is 32.2. The molecule has 0 N–H and O–H groups in total. The van der Waals surface area contributed by atoms with Gasteiger partial charge in [0.25, 0.3) is 5.56 Å². The third kappa shape index (κ3) is 5.79. The van der Waals surface area contributed by atoms with E-state index in [0.717, 1.165) is 27.3 Å². The number of nitrogens with zero attached hydrogens (tertiary/aromatic N) is 3. The minimum Gasteiger partial charge on any atom is -0.382 e. The van der Waals surface area contributed by atoms with Gasteiger partial charge in [0, 0.05) is 37.7 Å². The van der Waals surface area contributed by atoms with Crippen LogP contribution in [0.3, 0.4) is 0 Å². The fourth-order valence-electron chi connectivity index (χ4n) is 3.48. The van der Waals surface area contributed by atoms with Gasteiger partial charge in [0.2, 0.25) is 5.91 Å². The molecule has 0 aliphatic heterocycles. The molecule has 0 fully saturated rings. The number of ether oxygens (including phenoxy) is 1. The number of amides is 1. The van der Waals surface area contributed by atoms with Crippen molar-refractivity contribution in [1.29, 1.82) is 0 Å². The van der Waals surface area contributed by atoms with Gasteiger partial charge in [-0.15, -0.1) is 11.3 Å². The van der Waals surface area contributed by atoms with E-state index >= 15 is 0 Å². The zero-order chi connectivity index (χ0) is 23.1. The lowest BCUT2D eigenvalue weighted by Crippen LogP contribution is -2.32. The lowest BCUT2D eigenvalue weighted by molar-refractivity contribution is -0.128. The van der Waals surface area contributed by atoms with Crippen LogP contribution in [-0.2, 0) is 22.6 Å². The average molecular weight is 474 g/mol. The number of carbonyl (C=O) groups is 1. The molecule has 0 aliphatic carbocycles. The zero-order valence-electron chi connectivity index (χ0n) is 19.2. The Hall–Kier alpha value is -2.16. The molecule has 6 nitrogen and oxygen atoms in total. The van der Waals surface area contributed by atoms with E-state index in [1.165, 1.54) is 23.1 Å². The summed E-state index contributed by atoms with van der Waals surface area (Å²) in [6, 6.07) is 9.98. The van der Waals surface area contributed by atoms with E-state index in [9.17, 15) is 9.59 Å². The smallest absolute Gasteiger partial charge is 0.263 e. The fourth-order valence-corrected chi connectivity index (χ4v) is 5.48. The van der Waals surface area contributed by atoms with Crippen molar-refractivity contribution in [2.75, 3.05) is 25.5 Å². The molecule has 1 aromatic carbocycles. The number of fused-ring (bicyclic) bond motifs is 1. The van der Waals surface area contributed by atoms with Crippen LogP contribution in [-0.4, -0.2) is 45.9 Å². The first kappa shape index (κ1) is 24.5. The highest BCUT2D eigenvalue weighted by molar-refractivity contribution is 7.99. The number of thioether (sulfide) groups is 1. The van der Waals surface area contributed by atoms with Crippen LogP contribution >= 0.6 is 23.1 Å². The molecule has 3 aromatic rings. The second-order valence-corrected chi connectivity index (χ2v) is 9.69. The van der Waals surface area contributed by atoms with Gasteiger partial charge in [-0.3, -0.25) is 14.2 Å². The van der Waals surface area contributed by atoms with E-state index in [2.05, 4.69) is 0 Å². The van der Waals surface area contributed by atoms with E-state index in [1.54, 1.807) is 4.57 Å². The molecule has 8 heteroatoms. The van der Waals surface area contributed by atoms with Crippen LogP contribution in [0.1, 0.15) is 36.3 Å². The fraction of sp³-hybridized carbons (Fsp3) is 0.458. The van der Waals surface area contributed by atoms with Crippen LogP contribution in [0.4, 0.5) is 0 Å². The summed E-state index contributed by atoms with van der Waals surface area (Å²) in [7, 11) is 0. The maximum Gasteiger partial charge on any atom is 0.263 e. The number of benzene rings is 1. The van der Waals surface area contributed by atoms with Crippen molar-refractivity contribution in [1.82, 2.24) is 14.5 Å². The molecule has 0 aliphatic rings. The maximum atomic E-state index is 13.3. The third-order valence-corrected chi connectivity index (χ3v) is 7.47. The second-order valence-electron chi connectivity index (χ2n) is 7.55. The first-order valence-electron chi connectivity index (χ1n) is 11.0. The standard InChI is InChI=1S/C24H31N3O3S2/c1-5-26(15-19-11-8-7-9-12-19)20(28)16-31-24-25-22-21(17(3)18(4)32-22)23(29)27(24)13-10-14-30-6-2/h7-9,11-12H,5-6,10,13-16H2,1-4H3. The predicted octanol–water partition coefficient (Wildman–Crippen LogP) is 4.64. The molecule has 1 amide bonds. The SMILES string of the molecule is CCOCCCn1c(SCC(=O)N(CC)Cc2ccccc2)nc2sc(C)c(C)c2c1=O. The van der Waals surface area contributed by atoms with E-state index in [-0.39, 0.29) is 17.2 Å². The van der Waals surface area contributed by atoms with Crippen molar-refractivity contribution in [2.24, 2.45) is 0 Å². The Morgan fingerprint density at radius 1 is 1.22 bits per heavy atom. The lowest BCUT2D eigenvalue weighted by Gasteiger charge is -2.21. The molecule has 0 spiro atoms. The number of hydrogen-bond acceptors (Lipinski definition) is 6. The second kappa shape index (κ2) is 11.6. The summed E-state index contributed by atoms with van der Waals surface area (Å²) in [5, 5.41) is 1.29. The zero-order valence-corrected chi connectivity index (χ0v) is 20.9. The number of rotatable bonds is 11. The first-order valence-corrected chi connectivity index (χ1v) is 12.8. The summed E-state index contributed by atoms with van der Waals surface area (Å²) in [6.45, 7) is 10.9. The third-order valence-electron chi connectivity index (χ3n) is 5.40. The molecule has 2 aromatic heterocycles. The molecular weight excluding hydrogens is 442 g/mol. The Balaban J connectivity index is 1.81. The Kier molecular flexibility index (Phi) is 8.90. The molecule has 0 saturated heterocycles. The minimum absolute atomic E-state index is 0.0278. The largest absolute Gasteiger partial charge is 0.382 e. The highest BCUT2D eigenvalue weighted by Gasteiger charge is 2.19. The van der Waals surface area contributed by atoms with Crippen LogP contribution < -0.4 is 5.56 Å². The number of hydrogen-bond donors (Lipinski definition) is 0. The van der Waals surface area contributed by atoms with Gasteiger partial charge in [-0.2, -0.15) is 0 Å². The topological polar surface area (TPSA) is 64.4 Å². The number of thiophene rings is 1. The Morgan fingerprint density at radius 3 is 2.66 bits per heavy atom. The van der Waals surface area contributed by atoms with Crippen molar-refractivity contribution in [2.45, 2.75) is 52.4 Å². The van der Waals surface area contributed by atoms with Crippen LogP contribution in [0.2, 0.25) is 0 Å². The van der Waals surface area contributed by atoms with Gasteiger partial charge < -0.3 is 9.64 Å². The number of aryl methyl sites for hydroxylation is 2. The highest BCUT2D eigenvalue weighted by Crippen LogP contribution is 2.28. The summed E-state index contributed by atoms with van der Waals surface area (Å²) in [6.07, 6.45) is 0.722. The molecule has 0 unspecified atom stereocenters. The molecule has 0 radical (unpaired) electrons. The van der Waals surface area contributed by atoms with E-state index < -0.39 is 0 Å². The van der Waals surface area contributed by atoms with E-state index in [0.29, 0.717) is 43.4 Å². The van der Waals surface area contributed by atoms with Crippen LogP contribution in [0.5, 0.6) is 0 Å². The van der Waals surface area contributed by atoms with Crippen molar-refractivity contribution < 1.29 is 9.53 Å². The van der Waals surface area contributed by atoms with Gasteiger partial charge >= 0.3 is 0 Å². The quantitative estimate of drug-likeness (QED) is 0.231. The molecule has 3 rings (SSSR count). The van der Waals surface area contributed by atoms with Crippen molar-refractivity contribution in [3.05, 3.63) is 56.7 Å². The van der Waals surface area contributed by atoms with Crippen LogP contribution in [0, 0.1) is 13.8 Å². The Labute approximate surface area is 197 Å². The van der Waals surface area contributed by atoms with Gasteiger partial charge in [-0.05, 0) is 45.2 Å². The summed E-state index contributed by atoms with van der Waals surface area (Å²) >= 11 is 2.88. The molecule has 0 saturated carbocycles. The monoisotopic (exact) mass is 473 g/mol. The van der Waals surface area contributed by atoms with Crippen molar-refractivity contribution in [3.8, 4) is 0 Å². The normalized spacial score (nSPS) is 11.2. The van der Waals surface area contributed by atoms with E-state index in [1.807, 2.05) is 62.9 Å². The number of aromatic nitrogens is 2.